The molecular weight excluding hydrogens is 540 g/mol. The van der Waals surface area contributed by atoms with Gasteiger partial charge in [-0.3, -0.25) is 19.3 Å². The van der Waals surface area contributed by atoms with E-state index in [-0.39, 0.29) is 11.4 Å². The molecule has 36 heavy (non-hydrogen) atoms. The van der Waals surface area contributed by atoms with E-state index < -0.39 is 17.1 Å². The number of hydrogen-bond acceptors (Lipinski definition) is 5. The second-order valence-corrected chi connectivity index (χ2v) is 10.4. The minimum Gasteiger partial charge on any atom is -0.488 e. The molecule has 6 nitrogen and oxygen atoms in total. The molecule has 0 saturated carbocycles. The first kappa shape index (κ1) is 25.7. The van der Waals surface area contributed by atoms with Gasteiger partial charge in [0, 0.05) is 5.69 Å². The van der Waals surface area contributed by atoms with E-state index in [1.165, 1.54) is 0 Å². The fourth-order valence-electron chi connectivity index (χ4n) is 3.95. The molecule has 3 amide bonds. The number of ether oxygens (including phenoxy) is 1. The van der Waals surface area contributed by atoms with E-state index in [0.29, 0.717) is 18.0 Å². The topological polar surface area (TPSA) is 75.7 Å². The summed E-state index contributed by atoms with van der Waals surface area (Å²) >= 11 is 4.34. The maximum Gasteiger partial charge on any atom is 0.294 e. The van der Waals surface area contributed by atoms with Crippen LogP contribution in [0.25, 0.3) is 6.08 Å². The molecule has 0 bridgehead atoms. The summed E-state index contributed by atoms with van der Waals surface area (Å²) in [5, 5.41) is 2.37. The third kappa shape index (κ3) is 6.06. The van der Waals surface area contributed by atoms with Crippen LogP contribution < -0.4 is 10.1 Å². The number of amides is 3. The molecule has 0 atom stereocenters. The Morgan fingerprint density at radius 3 is 2.39 bits per heavy atom. The Morgan fingerprint density at radius 2 is 1.72 bits per heavy atom. The molecule has 3 aromatic carbocycles. The van der Waals surface area contributed by atoms with Crippen LogP contribution in [-0.4, -0.2) is 28.5 Å². The molecule has 1 N–H and O–H groups in total. The standard InChI is InChI=1S/C28H25BrN2O4S/c1-17-11-18(2)26(19(3)12-17)30-25(32)15-31-27(33)24(36-28(31)34)14-21-9-10-23(22(29)13-21)35-16-20-7-5-4-6-8-20/h4-14H,15-16H2,1-3H3,(H,30,32)/b24-14+. The molecule has 0 unspecified atom stereocenters. The van der Waals surface area contributed by atoms with Crippen molar-refractivity contribution in [1.29, 1.82) is 0 Å². The van der Waals surface area contributed by atoms with Gasteiger partial charge >= 0.3 is 0 Å². The van der Waals surface area contributed by atoms with E-state index in [9.17, 15) is 14.4 Å². The summed E-state index contributed by atoms with van der Waals surface area (Å²) in [4.78, 5) is 39.3. The van der Waals surface area contributed by atoms with Crippen molar-refractivity contribution in [3.63, 3.8) is 0 Å². The molecule has 1 aliphatic heterocycles. The van der Waals surface area contributed by atoms with Crippen molar-refractivity contribution in [2.24, 2.45) is 0 Å². The molecule has 4 rings (SSSR count). The summed E-state index contributed by atoms with van der Waals surface area (Å²) in [6, 6.07) is 19.2. The van der Waals surface area contributed by atoms with Crippen LogP contribution in [0.1, 0.15) is 27.8 Å². The number of halogens is 1. The van der Waals surface area contributed by atoms with Crippen LogP contribution in [0.3, 0.4) is 0 Å². The number of anilines is 1. The van der Waals surface area contributed by atoms with Crippen molar-refractivity contribution in [3.8, 4) is 5.75 Å². The minimum absolute atomic E-state index is 0.264. The van der Waals surface area contributed by atoms with Crippen molar-refractivity contribution in [3.05, 3.63) is 97.9 Å². The van der Waals surface area contributed by atoms with E-state index >= 15 is 0 Å². The lowest BCUT2D eigenvalue weighted by atomic mass is 10.1. The molecule has 0 spiro atoms. The normalized spacial score (nSPS) is 14.4. The highest BCUT2D eigenvalue weighted by molar-refractivity contribution is 9.10. The number of nitrogens with one attached hydrogen (secondary N) is 1. The van der Waals surface area contributed by atoms with E-state index in [2.05, 4.69) is 21.2 Å². The van der Waals surface area contributed by atoms with E-state index in [0.717, 1.165) is 49.0 Å². The molecule has 0 aromatic heterocycles. The first-order chi connectivity index (χ1) is 17.2. The highest BCUT2D eigenvalue weighted by atomic mass is 79.9. The first-order valence-electron chi connectivity index (χ1n) is 11.3. The Morgan fingerprint density at radius 1 is 1.03 bits per heavy atom. The number of carbonyl (C=O) groups excluding carboxylic acids is 3. The molecule has 8 heteroatoms. The summed E-state index contributed by atoms with van der Waals surface area (Å²) in [6.45, 7) is 5.90. The lowest BCUT2D eigenvalue weighted by Crippen LogP contribution is -2.36. The van der Waals surface area contributed by atoms with Crippen LogP contribution in [-0.2, 0) is 16.2 Å². The number of imide groups is 1. The lowest BCUT2D eigenvalue weighted by Gasteiger charge is -2.15. The monoisotopic (exact) mass is 564 g/mol. The quantitative estimate of drug-likeness (QED) is 0.326. The van der Waals surface area contributed by atoms with Crippen LogP contribution >= 0.6 is 27.7 Å². The van der Waals surface area contributed by atoms with Crippen molar-refractivity contribution < 1.29 is 19.1 Å². The Hall–Kier alpha value is -3.36. The second kappa shape index (κ2) is 11.1. The first-order valence-corrected chi connectivity index (χ1v) is 12.9. The van der Waals surface area contributed by atoms with Gasteiger partial charge in [-0.05, 0) is 88.9 Å². The average Bonchev–Trinajstić information content (AvgIpc) is 3.08. The zero-order valence-corrected chi connectivity index (χ0v) is 22.5. The lowest BCUT2D eigenvalue weighted by molar-refractivity contribution is -0.127. The second-order valence-electron chi connectivity index (χ2n) is 8.55. The number of rotatable bonds is 7. The summed E-state index contributed by atoms with van der Waals surface area (Å²) < 4.78 is 6.60. The summed E-state index contributed by atoms with van der Waals surface area (Å²) in [5.41, 5.74) is 5.44. The van der Waals surface area contributed by atoms with E-state index in [1.54, 1.807) is 6.08 Å². The van der Waals surface area contributed by atoms with Crippen molar-refractivity contribution in [2.45, 2.75) is 27.4 Å². The van der Waals surface area contributed by atoms with Gasteiger partial charge in [0.25, 0.3) is 11.1 Å². The highest BCUT2D eigenvalue weighted by Gasteiger charge is 2.36. The van der Waals surface area contributed by atoms with Gasteiger partial charge in [-0.25, -0.2) is 0 Å². The zero-order chi connectivity index (χ0) is 25.8. The van der Waals surface area contributed by atoms with Crippen LogP contribution in [0.4, 0.5) is 10.5 Å². The molecule has 1 fully saturated rings. The number of thioether (sulfide) groups is 1. The zero-order valence-electron chi connectivity index (χ0n) is 20.1. The summed E-state index contributed by atoms with van der Waals surface area (Å²) in [6.07, 6.45) is 1.64. The predicted molar refractivity (Wildman–Crippen MR) is 147 cm³/mol. The fourth-order valence-corrected chi connectivity index (χ4v) is 5.30. The Kier molecular flexibility index (Phi) is 7.96. The van der Waals surface area contributed by atoms with Gasteiger partial charge < -0.3 is 10.1 Å². The van der Waals surface area contributed by atoms with Gasteiger partial charge in [0.1, 0.15) is 18.9 Å². The van der Waals surface area contributed by atoms with Crippen LogP contribution in [0.5, 0.6) is 5.75 Å². The number of benzene rings is 3. The summed E-state index contributed by atoms with van der Waals surface area (Å²) in [5.74, 6) is -0.239. The van der Waals surface area contributed by atoms with Gasteiger partial charge in [0.2, 0.25) is 5.91 Å². The molecule has 1 heterocycles. The molecule has 1 aliphatic rings. The van der Waals surface area contributed by atoms with Gasteiger partial charge in [0.15, 0.2) is 0 Å². The highest BCUT2D eigenvalue weighted by Crippen LogP contribution is 2.34. The smallest absolute Gasteiger partial charge is 0.294 e. The Balaban J connectivity index is 1.41. The average molecular weight is 565 g/mol. The SMILES string of the molecule is Cc1cc(C)c(NC(=O)CN2C(=O)S/C(=C/c3ccc(OCc4ccccc4)c(Br)c3)C2=O)c(C)c1. The molecule has 0 aliphatic carbocycles. The van der Waals surface area contributed by atoms with Crippen LogP contribution in [0, 0.1) is 20.8 Å². The van der Waals surface area contributed by atoms with E-state index in [1.807, 2.05) is 81.4 Å². The predicted octanol–water partition coefficient (Wildman–Crippen LogP) is 6.63. The number of aryl methyl sites for hydroxylation is 3. The van der Waals surface area contributed by atoms with Crippen molar-refractivity contribution >= 4 is 56.5 Å². The largest absolute Gasteiger partial charge is 0.488 e. The number of hydrogen-bond donors (Lipinski definition) is 1. The maximum atomic E-state index is 12.9. The van der Waals surface area contributed by atoms with E-state index in [4.69, 9.17) is 4.74 Å². The minimum atomic E-state index is -0.488. The Bertz CT molecular complexity index is 1350. The molecule has 0 radical (unpaired) electrons. The third-order valence-electron chi connectivity index (χ3n) is 5.61. The van der Waals surface area contributed by atoms with Crippen LogP contribution in [0.15, 0.2) is 70.0 Å². The molecule has 1 saturated heterocycles. The fraction of sp³-hybridized carbons (Fsp3) is 0.179. The van der Waals surface area contributed by atoms with Crippen molar-refractivity contribution in [1.82, 2.24) is 4.90 Å². The van der Waals surface area contributed by atoms with Crippen LogP contribution in [0.2, 0.25) is 0 Å². The van der Waals surface area contributed by atoms with Gasteiger partial charge in [-0.15, -0.1) is 0 Å². The summed E-state index contributed by atoms with van der Waals surface area (Å²) in [7, 11) is 0. The number of nitrogens with zero attached hydrogens (tertiary/aromatic N) is 1. The Labute approximate surface area is 222 Å². The molecule has 3 aromatic rings. The van der Waals surface area contributed by atoms with Gasteiger partial charge in [-0.2, -0.15) is 0 Å². The molecule has 184 valence electrons. The van der Waals surface area contributed by atoms with Gasteiger partial charge in [-0.1, -0.05) is 54.1 Å². The van der Waals surface area contributed by atoms with Crippen molar-refractivity contribution in [2.75, 3.05) is 11.9 Å². The third-order valence-corrected chi connectivity index (χ3v) is 7.13. The van der Waals surface area contributed by atoms with Gasteiger partial charge in [0.05, 0.1) is 9.38 Å². The molecular formula is C28H25BrN2O4S. The number of carbonyl (C=O) groups is 3. The maximum absolute atomic E-state index is 12.9.